The smallest absolute Gasteiger partial charge is 0.0699 e. The summed E-state index contributed by atoms with van der Waals surface area (Å²) in [4.78, 5) is 0. The topological polar surface area (TPSA) is 21.3 Å². The van der Waals surface area contributed by atoms with Crippen LogP contribution in [0, 0.1) is 11.8 Å². The van der Waals surface area contributed by atoms with Gasteiger partial charge in [0.2, 0.25) is 0 Å². The largest absolute Gasteiger partial charge is 0.377 e. The van der Waals surface area contributed by atoms with Crippen molar-refractivity contribution < 1.29 is 4.74 Å². The maximum atomic E-state index is 5.73. The van der Waals surface area contributed by atoms with Crippen molar-refractivity contribution in [3.05, 3.63) is 12.2 Å². The van der Waals surface area contributed by atoms with E-state index in [9.17, 15) is 0 Å². The Morgan fingerprint density at radius 2 is 2.33 bits per heavy atom. The van der Waals surface area contributed by atoms with Gasteiger partial charge in [0.1, 0.15) is 0 Å². The van der Waals surface area contributed by atoms with Crippen LogP contribution in [0.25, 0.3) is 0 Å². The van der Waals surface area contributed by atoms with Gasteiger partial charge in [-0.05, 0) is 43.9 Å². The van der Waals surface area contributed by atoms with Crippen molar-refractivity contribution in [3.63, 3.8) is 0 Å². The lowest BCUT2D eigenvalue weighted by molar-refractivity contribution is 0.00969. The Hall–Kier alpha value is -0.340. The molecule has 0 aromatic carbocycles. The SMILES string of the molecule is C1=CC2C(C1)CC2NCC1CCCCO1. The lowest BCUT2D eigenvalue weighted by Gasteiger charge is -2.41. The normalized spacial score (nSPS) is 43.7. The number of hydrogen-bond donors (Lipinski definition) is 1. The third-order valence-corrected chi connectivity index (χ3v) is 4.24. The van der Waals surface area contributed by atoms with E-state index in [4.69, 9.17) is 4.74 Å². The molecule has 84 valence electrons. The zero-order chi connectivity index (χ0) is 10.1. The van der Waals surface area contributed by atoms with Crippen molar-refractivity contribution in [1.82, 2.24) is 5.32 Å². The highest BCUT2D eigenvalue weighted by atomic mass is 16.5. The van der Waals surface area contributed by atoms with Crippen molar-refractivity contribution >= 4 is 0 Å². The third-order valence-electron chi connectivity index (χ3n) is 4.24. The van der Waals surface area contributed by atoms with E-state index in [1.54, 1.807) is 0 Å². The fourth-order valence-electron chi connectivity index (χ4n) is 3.20. The molecule has 1 saturated heterocycles. The quantitative estimate of drug-likeness (QED) is 0.716. The Kier molecular flexibility index (Phi) is 2.80. The van der Waals surface area contributed by atoms with Crippen LogP contribution in [0.1, 0.15) is 32.1 Å². The van der Waals surface area contributed by atoms with E-state index in [0.717, 1.165) is 31.0 Å². The van der Waals surface area contributed by atoms with Gasteiger partial charge in [0.25, 0.3) is 0 Å². The molecule has 0 aromatic rings. The van der Waals surface area contributed by atoms with Crippen LogP contribution in [-0.4, -0.2) is 25.3 Å². The average molecular weight is 207 g/mol. The molecule has 0 aromatic heterocycles. The number of allylic oxidation sites excluding steroid dienone is 1. The van der Waals surface area contributed by atoms with Crippen molar-refractivity contribution in [1.29, 1.82) is 0 Å². The lowest BCUT2D eigenvalue weighted by Crippen LogP contribution is -2.50. The highest BCUT2D eigenvalue weighted by molar-refractivity contribution is 5.12. The van der Waals surface area contributed by atoms with Crippen molar-refractivity contribution in [3.8, 4) is 0 Å². The molecule has 0 spiro atoms. The van der Waals surface area contributed by atoms with E-state index in [2.05, 4.69) is 17.5 Å². The molecule has 0 radical (unpaired) electrons. The summed E-state index contributed by atoms with van der Waals surface area (Å²) in [6, 6.07) is 0.749. The Morgan fingerprint density at radius 3 is 3.13 bits per heavy atom. The third kappa shape index (κ3) is 1.98. The summed E-state index contributed by atoms with van der Waals surface area (Å²) in [6.07, 6.45) is 11.8. The summed E-state index contributed by atoms with van der Waals surface area (Å²) in [6.45, 7) is 2.05. The molecule has 1 aliphatic heterocycles. The predicted octanol–water partition coefficient (Wildman–Crippen LogP) is 2.11. The highest BCUT2D eigenvalue weighted by Crippen LogP contribution is 2.42. The Balaban J connectivity index is 1.41. The van der Waals surface area contributed by atoms with E-state index in [0.29, 0.717) is 6.10 Å². The molecule has 4 unspecified atom stereocenters. The molecule has 15 heavy (non-hydrogen) atoms. The standard InChI is InChI=1S/C13H21NO/c1-2-7-15-11(5-1)9-14-13-8-10-4-3-6-12(10)13/h3,6,10-14H,1-2,4-5,7-9H2. The first-order valence-corrected chi connectivity index (χ1v) is 6.45. The first kappa shape index (κ1) is 9.86. The monoisotopic (exact) mass is 207 g/mol. The van der Waals surface area contributed by atoms with E-state index >= 15 is 0 Å². The number of fused-ring (bicyclic) bond motifs is 1. The summed E-state index contributed by atoms with van der Waals surface area (Å²) in [5.74, 6) is 1.81. The van der Waals surface area contributed by atoms with Gasteiger partial charge in [-0.3, -0.25) is 0 Å². The molecule has 2 aliphatic carbocycles. The zero-order valence-electron chi connectivity index (χ0n) is 9.32. The van der Waals surface area contributed by atoms with Gasteiger partial charge in [-0.1, -0.05) is 12.2 Å². The number of ether oxygens (including phenoxy) is 1. The van der Waals surface area contributed by atoms with Crippen molar-refractivity contribution in [2.45, 2.75) is 44.2 Å². The molecule has 3 aliphatic rings. The summed E-state index contributed by atoms with van der Waals surface area (Å²) < 4.78 is 5.73. The van der Waals surface area contributed by atoms with Gasteiger partial charge >= 0.3 is 0 Å². The van der Waals surface area contributed by atoms with Gasteiger partial charge in [0, 0.05) is 19.2 Å². The van der Waals surface area contributed by atoms with Gasteiger partial charge < -0.3 is 10.1 Å². The van der Waals surface area contributed by atoms with E-state index < -0.39 is 0 Å². The second-order valence-electron chi connectivity index (χ2n) is 5.24. The molecule has 1 N–H and O–H groups in total. The van der Waals surface area contributed by atoms with E-state index in [1.807, 2.05) is 0 Å². The van der Waals surface area contributed by atoms with Crippen LogP contribution in [0.3, 0.4) is 0 Å². The maximum Gasteiger partial charge on any atom is 0.0699 e. The first-order chi connectivity index (χ1) is 7.43. The molecular weight excluding hydrogens is 186 g/mol. The highest BCUT2D eigenvalue weighted by Gasteiger charge is 2.40. The maximum absolute atomic E-state index is 5.73. The summed E-state index contributed by atoms with van der Waals surface area (Å²) in [7, 11) is 0. The molecule has 2 fully saturated rings. The average Bonchev–Trinajstić information content (AvgIpc) is 2.62. The van der Waals surface area contributed by atoms with E-state index in [1.165, 1.54) is 32.1 Å². The van der Waals surface area contributed by atoms with Gasteiger partial charge in [0.05, 0.1) is 6.10 Å². The van der Waals surface area contributed by atoms with Crippen LogP contribution in [0.4, 0.5) is 0 Å². The Labute approximate surface area is 92.1 Å². The van der Waals surface area contributed by atoms with Crippen molar-refractivity contribution in [2.75, 3.05) is 13.2 Å². The molecule has 1 heterocycles. The molecule has 0 bridgehead atoms. The minimum absolute atomic E-state index is 0.489. The minimum atomic E-state index is 0.489. The fourth-order valence-corrected chi connectivity index (χ4v) is 3.20. The van der Waals surface area contributed by atoms with E-state index in [-0.39, 0.29) is 0 Å². The molecule has 2 heteroatoms. The lowest BCUT2D eigenvalue weighted by atomic mass is 9.71. The van der Waals surface area contributed by atoms with Crippen molar-refractivity contribution in [2.24, 2.45) is 11.8 Å². The van der Waals surface area contributed by atoms with Crippen LogP contribution in [0.15, 0.2) is 12.2 Å². The molecule has 1 saturated carbocycles. The Morgan fingerprint density at radius 1 is 1.33 bits per heavy atom. The minimum Gasteiger partial charge on any atom is -0.377 e. The zero-order valence-corrected chi connectivity index (χ0v) is 9.32. The van der Waals surface area contributed by atoms with Crippen LogP contribution < -0.4 is 5.32 Å². The fraction of sp³-hybridized carbons (Fsp3) is 0.846. The van der Waals surface area contributed by atoms with Crippen LogP contribution in [0.5, 0.6) is 0 Å². The van der Waals surface area contributed by atoms with Gasteiger partial charge in [-0.25, -0.2) is 0 Å². The summed E-state index contributed by atoms with van der Waals surface area (Å²) in [5, 5.41) is 3.68. The van der Waals surface area contributed by atoms with Crippen LogP contribution in [-0.2, 0) is 4.74 Å². The Bertz CT molecular complexity index is 245. The second-order valence-corrected chi connectivity index (χ2v) is 5.24. The number of rotatable bonds is 3. The summed E-state index contributed by atoms with van der Waals surface area (Å²) >= 11 is 0. The second kappa shape index (κ2) is 4.26. The number of hydrogen-bond acceptors (Lipinski definition) is 2. The predicted molar refractivity (Wildman–Crippen MR) is 60.7 cm³/mol. The van der Waals surface area contributed by atoms with Gasteiger partial charge in [0.15, 0.2) is 0 Å². The van der Waals surface area contributed by atoms with Gasteiger partial charge in [-0.2, -0.15) is 0 Å². The van der Waals surface area contributed by atoms with Gasteiger partial charge in [-0.15, -0.1) is 0 Å². The van der Waals surface area contributed by atoms with Crippen LogP contribution in [0.2, 0.25) is 0 Å². The molecule has 0 amide bonds. The molecular formula is C13H21NO. The van der Waals surface area contributed by atoms with Crippen LogP contribution >= 0.6 is 0 Å². The first-order valence-electron chi connectivity index (χ1n) is 6.45. The number of nitrogens with one attached hydrogen (secondary N) is 1. The molecule has 4 atom stereocenters. The molecule has 2 nitrogen and oxygen atoms in total. The summed E-state index contributed by atoms with van der Waals surface area (Å²) in [5.41, 5.74) is 0. The molecule has 3 rings (SSSR count).